The van der Waals surface area contributed by atoms with Crippen LogP contribution in [0.3, 0.4) is 0 Å². The minimum Gasteiger partial charge on any atom is -0.463 e. The van der Waals surface area contributed by atoms with Crippen molar-refractivity contribution in [3.05, 3.63) is 101 Å². The number of benzene rings is 3. The van der Waals surface area contributed by atoms with Crippen LogP contribution in [0.15, 0.2) is 84.0 Å². The molecule has 0 spiro atoms. The number of para-hydroxylation sites is 1. The Balaban J connectivity index is 2.00. The van der Waals surface area contributed by atoms with Gasteiger partial charge in [-0.25, -0.2) is 4.79 Å². The topological polar surface area (TPSA) is 60.4 Å². The molecular weight excluding hydrogens is 440 g/mol. The average Bonchev–Trinajstić information content (AvgIpc) is 2.86. The molecule has 0 unspecified atom stereocenters. The lowest BCUT2D eigenvalue weighted by Gasteiger charge is -2.21. The first-order valence-electron chi connectivity index (χ1n) is 11.7. The van der Waals surface area contributed by atoms with Crippen LogP contribution in [-0.4, -0.2) is 44.6 Å². The molecule has 0 aliphatic rings. The molecule has 0 heterocycles. The summed E-state index contributed by atoms with van der Waals surface area (Å²) in [4.78, 5) is 22.4. The van der Waals surface area contributed by atoms with Crippen molar-refractivity contribution in [1.82, 2.24) is 5.06 Å². The molecule has 3 rings (SSSR count). The van der Waals surface area contributed by atoms with E-state index in [1.807, 2.05) is 50.5 Å². The van der Waals surface area contributed by atoms with Crippen molar-refractivity contribution in [1.29, 1.82) is 0 Å². The Morgan fingerprint density at radius 3 is 2.23 bits per heavy atom. The molecule has 0 saturated carbocycles. The van der Waals surface area contributed by atoms with Gasteiger partial charge in [-0.3, -0.25) is 0 Å². The highest BCUT2D eigenvalue weighted by molar-refractivity contribution is 6.00. The van der Waals surface area contributed by atoms with E-state index in [1.54, 1.807) is 18.2 Å². The molecular formula is C29H32N2O4. The van der Waals surface area contributed by atoms with Crippen molar-refractivity contribution in [2.45, 2.75) is 20.3 Å². The third-order valence-corrected chi connectivity index (χ3v) is 5.18. The fourth-order valence-corrected chi connectivity index (χ4v) is 3.73. The predicted molar refractivity (Wildman–Crippen MR) is 140 cm³/mol. The summed E-state index contributed by atoms with van der Waals surface area (Å²) < 4.78 is 4.83. The molecule has 0 fully saturated rings. The number of esters is 1. The van der Waals surface area contributed by atoms with Crippen LogP contribution in [-0.2, 0) is 14.4 Å². The van der Waals surface area contributed by atoms with Gasteiger partial charge in [-0.05, 0) is 47.2 Å². The summed E-state index contributed by atoms with van der Waals surface area (Å²) in [7, 11) is 3.74. The maximum absolute atomic E-state index is 11.4. The van der Waals surface area contributed by atoms with E-state index >= 15 is 0 Å². The number of oxime groups is 1. The number of allylic oxidation sites excluding steroid dienone is 1. The molecule has 0 aliphatic carbocycles. The van der Waals surface area contributed by atoms with Gasteiger partial charge >= 0.3 is 5.97 Å². The van der Waals surface area contributed by atoms with E-state index in [-0.39, 0.29) is 6.61 Å². The lowest BCUT2D eigenvalue weighted by atomic mass is 9.87. The SMILES string of the molecule is CCOC(=O)CON=Cc1ccc(C(=C(CC)c2ccccc2)c2ccccc2ON(C)C)cc1. The van der Waals surface area contributed by atoms with Gasteiger partial charge in [0.05, 0.1) is 12.8 Å². The standard InChI is InChI=1S/C29H32N2O4/c1-5-25(23-12-8-7-9-13-23)29(26-14-10-11-15-27(26)35-31(3)4)24-18-16-22(17-19-24)20-30-34-21-28(32)33-6-2/h7-20H,5-6,21H2,1-4H3. The van der Waals surface area contributed by atoms with Gasteiger partial charge in [0.15, 0.2) is 5.75 Å². The number of carbonyl (C=O) groups is 1. The quantitative estimate of drug-likeness (QED) is 0.152. The third kappa shape index (κ3) is 7.29. The zero-order valence-corrected chi connectivity index (χ0v) is 20.7. The Kier molecular flexibility index (Phi) is 9.63. The van der Waals surface area contributed by atoms with Gasteiger partial charge in [0.2, 0.25) is 6.61 Å². The van der Waals surface area contributed by atoms with Gasteiger partial charge in [0, 0.05) is 19.7 Å². The predicted octanol–water partition coefficient (Wildman–Crippen LogP) is 5.82. The Bertz CT molecular complexity index is 1150. The largest absolute Gasteiger partial charge is 0.463 e. The zero-order chi connectivity index (χ0) is 25.0. The van der Waals surface area contributed by atoms with E-state index in [2.05, 4.69) is 54.5 Å². The maximum atomic E-state index is 11.4. The number of hydroxylamine groups is 2. The molecule has 0 radical (unpaired) electrons. The van der Waals surface area contributed by atoms with Gasteiger partial charge in [-0.2, -0.15) is 5.06 Å². The van der Waals surface area contributed by atoms with E-state index in [0.717, 1.165) is 34.4 Å². The summed E-state index contributed by atoms with van der Waals surface area (Å²) in [5.74, 6) is 0.341. The van der Waals surface area contributed by atoms with Gasteiger partial charge in [0.1, 0.15) is 0 Å². The lowest BCUT2D eigenvalue weighted by Crippen LogP contribution is -2.17. The minimum absolute atomic E-state index is 0.213. The van der Waals surface area contributed by atoms with Crippen molar-refractivity contribution in [3.63, 3.8) is 0 Å². The lowest BCUT2D eigenvalue weighted by molar-refractivity contribution is -0.148. The van der Waals surface area contributed by atoms with Crippen LogP contribution in [0.5, 0.6) is 5.75 Å². The molecule has 3 aromatic rings. The van der Waals surface area contributed by atoms with Gasteiger partial charge in [-0.15, -0.1) is 0 Å². The Labute approximate surface area is 207 Å². The van der Waals surface area contributed by atoms with Crippen LogP contribution >= 0.6 is 0 Å². The molecule has 6 heteroatoms. The minimum atomic E-state index is -0.443. The van der Waals surface area contributed by atoms with E-state index in [4.69, 9.17) is 14.4 Å². The van der Waals surface area contributed by atoms with Crippen LogP contribution in [0.4, 0.5) is 0 Å². The summed E-state index contributed by atoms with van der Waals surface area (Å²) in [5.41, 5.74) is 6.43. The number of hydrogen-bond donors (Lipinski definition) is 0. The van der Waals surface area contributed by atoms with Gasteiger partial charge < -0.3 is 14.4 Å². The Morgan fingerprint density at radius 2 is 1.57 bits per heavy atom. The second-order valence-corrected chi connectivity index (χ2v) is 7.91. The Hall–Kier alpha value is -3.90. The molecule has 0 aromatic heterocycles. The third-order valence-electron chi connectivity index (χ3n) is 5.18. The van der Waals surface area contributed by atoms with E-state index in [9.17, 15) is 4.79 Å². The van der Waals surface area contributed by atoms with E-state index in [1.165, 1.54) is 11.1 Å². The summed E-state index contributed by atoms with van der Waals surface area (Å²) in [6.45, 7) is 4.02. The molecule has 0 saturated heterocycles. The van der Waals surface area contributed by atoms with Crippen molar-refractivity contribution in [2.75, 3.05) is 27.3 Å². The van der Waals surface area contributed by atoms with Crippen LogP contribution in [0.25, 0.3) is 11.1 Å². The molecule has 0 amide bonds. The smallest absolute Gasteiger partial charge is 0.347 e. The summed E-state index contributed by atoms with van der Waals surface area (Å²) in [6.07, 6.45) is 2.42. The normalized spacial score (nSPS) is 11.9. The first-order valence-corrected chi connectivity index (χ1v) is 11.7. The van der Waals surface area contributed by atoms with Crippen molar-refractivity contribution < 1.29 is 19.2 Å². The molecule has 182 valence electrons. The first kappa shape index (κ1) is 25.7. The highest BCUT2D eigenvalue weighted by Crippen LogP contribution is 2.38. The molecule has 3 aromatic carbocycles. The van der Waals surface area contributed by atoms with Crippen molar-refractivity contribution >= 4 is 23.3 Å². The van der Waals surface area contributed by atoms with Crippen LogP contribution in [0, 0.1) is 0 Å². The van der Waals surface area contributed by atoms with Gasteiger partial charge in [0.25, 0.3) is 0 Å². The molecule has 0 N–H and O–H groups in total. The summed E-state index contributed by atoms with van der Waals surface area (Å²) in [6, 6.07) is 26.6. The Morgan fingerprint density at radius 1 is 0.886 bits per heavy atom. The average molecular weight is 473 g/mol. The van der Waals surface area contributed by atoms with Crippen LogP contribution in [0.2, 0.25) is 0 Å². The fraction of sp³-hybridized carbons (Fsp3) is 0.241. The number of nitrogens with zero attached hydrogens (tertiary/aromatic N) is 2. The number of rotatable bonds is 11. The summed E-state index contributed by atoms with van der Waals surface area (Å²) in [5, 5.41) is 5.57. The second-order valence-electron chi connectivity index (χ2n) is 7.91. The number of carbonyl (C=O) groups excluding carboxylic acids is 1. The number of ether oxygens (including phenoxy) is 1. The van der Waals surface area contributed by atoms with Crippen molar-refractivity contribution in [2.24, 2.45) is 5.16 Å². The highest BCUT2D eigenvalue weighted by Gasteiger charge is 2.17. The van der Waals surface area contributed by atoms with Crippen LogP contribution < -0.4 is 4.84 Å². The molecule has 35 heavy (non-hydrogen) atoms. The fourth-order valence-electron chi connectivity index (χ4n) is 3.73. The maximum Gasteiger partial charge on any atom is 0.347 e. The highest BCUT2D eigenvalue weighted by atomic mass is 16.7. The molecule has 0 aliphatic heterocycles. The number of hydrogen-bond acceptors (Lipinski definition) is 6. The van der Waals surface area contributed by atoms with E-state index < -0.39 is 5.97 Å². The summed E-state index contributed by atoms with van der Waals surface area (Å²) >= 11 is 0. The van der Waals surface area contributed by atoms with Crippen LogP contribution in [0.1, 0.15) is 42.5 Å². The molecule has 6 nitrogen and oxygen atoms in total. The second kappa shape index (κ2) is 13.1. The van der Waals surface area contributed by atoms with Crippen molar-refractivity contribution in [3.8, 4) is 5.75 Å². The molecule has 0 atom stereocenters. The monoisotopic (exact) mass is 472 g/mol. The zero-order valence-electron chi connectivity index (χ0n) is 20.7. The first-order chi connectivity index (χ1) is 17.0. The van der Waals surface area contributed by atoms with Gasteiger partial charge in [-0.1, -0.05) is 84.9 Å². The molecule has 0 bridgehead atoms. The van der Waals surface area contributed by atoms with E-state index in [0.29, 0.717) is 6.61 Å².